The molecule has 20 heavy (non-hydrogen) atoms. The van der Waals surface area contributed by atoms with Crippen molar-refractivity contribution >= 4 is 16.3 Å². The predicted octanol–water partition coefficient (Wildman–Crippen LogP) is 1.97. The lowest BCUT2D eigenvalue weighted by atomic mass is 10.1. The summed E-state index contributed by atoms with van der Waals surface area (Å²) in [5, 5.41) is 5.55. The topological polar surface area (TPSA) is 47.8 Å². The van der Waals surface area contributed by atoms with Gasteiger partial charge in [-0.3, -0.25) is 4.40 Å². The molecule has 6 heteroatoms. The third kappa shape index (κ3) is 4.56. The number of methoxy groups -OCH3 is 1. The summed E-state index contributed by atoms with van der Waals surface area (Å²) in [7, 11) is 1.69. The Hall–Kier alpha value is -0.950. The second kappa shape index (κ2) is 8.36. The SMILES string of the molecule is CCNC(CCOCCOC)Cc1cn2ccsc2n1. The highest BCUT2D eigenvalue weighted by atomic mass is 32.1. The molecule has 0 aliphatic rings. The molecule has 0 amide bonds. The van der Waals surface area contributed by atoms with E-state index in [1.54, 1.807) is 18.4 Å². The summed E-state index contributed by atoms with van der Waals surface area (Å²) in [6.45, 7) is 5.16. The molecule has 1 unspecified atom stereocenters. The van der Waals surface area contributed by atoms with Gasteiger partial charge < -0.3 is 14.8 Å². The first-order valence-corrected chi connectivity index (χ1v) is 7.92. The van der Waals surface area contributed by atoms with Crippen molar-refractivity contribution < 1.29 is 9.47 Å². The number of rotatable bonds is 10. The van der Waals surface area contributed by atoms with Crippen LogP contribution in [0.5, 0.6) is 0 Å². The maximum absolute atomic E-state index is 5.54. The molecule has 1 atom stereocenters. The Kier molecular flexibility index (Phi) is 6.46. The zero-order chi connectivity index (χ0) is 14.2. The molecule has 2 aromatic rings. The van der Waals surface area contributed by atoms with Crippen molar-refractivity contribution in [2.45, 2.75) is 25.8 Å². The molecule has 2 heterocycles. The van der Waals surface area contributed by atoms with Gasteiger partial charge in [-0.15, -0.1) is 11.3 Å². The highest BCUT2D eigenvalue weighted by Crippen LogP contribution is 2.13. The third-order valence-corrected chi connectivity index (χ3v) is 3.90. The Morgan fingerprint density at radius 1 is 1.40 bits per heavy atom. The van der Waals surface area contributed by atoms with Crippen molar-refractivity contribution in [1.82, 2.24) is 14.7 Å². The van der Waals surface area contributed by atoms with Crippen LogP contribution in [0.1, 0.15) is 19.0 Å². The van der Waals surface area contributed by atoms with Gasteiger partial charge >= 0.3 is 0 Å². The van der Waals surface area contributed by atoms with E-state index in [1.165, 1.54) is 0 Å². The molecule has 112 valence electrons. The molecule has 0 aromatic carbocycles. The van der Waals surface area contributed by atoms with E-state index in [2.05, 4.69) is 33.2 Å². The van der Waals surface area contributed by atoms with Crippen LogP contribution in [-0.2, 0) is 15.9 Å². The monoisotopic (exact) mass is 297 g/mol. The molecular formula is C14H23N3O2S. The van der Waals surface area contributed by atoms with Crippen LogP contribution in [0, 0.1) is 0 Å². The average molecular weight is 297 g/mol. The molecular weight excluding hydrogens is 274 g/mol. The standard InChI is InChI=1S/C14H23N3O2S/c1-3-15-12(4-6-19-8-7-18-2)10-13-11-17-5-9-20-14(17)16-13/h5,9,11-12,15H,3-4,6-8,10H2,1-2H3. The molecule has 0 radical (unpaired) electrons. The molecule has 5 nitrogen and oxygen atoms in total. The van der Waals surface area contributed by atoms with Crippen molar-refractivity contribution in [3.05, 3.63) is 23.5 Å². The van der Waals surface area contributed by atoms with E-state index in [-0.39, 0.29) is 0 Å². The average Bonchev–Trinajstić information content (AvgIpc) is 2.99. The van der Waals surface area contributed by atoms with Gasteiger partial charge in [0.05, 0.1) is 18.9 Å². The Bertz CT molecular complexity index is 469. The lowest BCUT2D eigenvalue weighted by Gasteiger charge is -2.16. The van der Waals surface area contributed by atoms with Crippen LogP contribution in [-0.4, -0.2) is 48.9 Å². The van der Waals surface area contributed by atoms with Crippen LogP contribution < -0.4 is 5.32 Å². The van der Waals surface area contributed by atoms with E-state index in [0.29, 0.717) is 19.3 Å². The molecule has 2 aromatic heterocycles. The summed E-state index contributed by atoms with van der Waals surface area (Å²) in [5.41, 5.74) is 1.14. The number of nitrogens with one attached hydrogen (secondary N) is 1. The zero-order valence-corrected chi connectivity index (χ0v) is 13.0. The van der Waals surface area contributed by atoms with E-state index in [9.17, 15) is 0 Å². The fourth-order valence-corrected chi connectivity index (χ4v) is 2.88. The Morgan fingerprint density at radius 2 is 2.30 bits per heavy atom. The van der Waals surface area contributed by atoms with Gasteiger partial charge in [-0.25, -0.2) is 4.98 Å². The minimum absolute atomic E-state index is 0.409. The van der Waals surface area contributed by atoms with Crippen LogP contribution in [0.3, 0.4) is 0 Å². The van der Waals surface area contributed by atoms with Crippen LogP contribution in [0.25, 0.3) is 4.96 Å². The van der Waals surface area contributed by atoms with Gasteiger partial charge in [0, 0.05) is 44.0 Å². The molecule has 0 aliphatic heterocycles. The van der Waals surface area contributed by atoms with Gasteiger partial charge in [0.1, 0.15) is 0 Å². The lowest BCUT2D eigenvalue weighted by molar-refractivity contribution is 0.0658. The summed E-state index contributed by atoms with van der Waals surface area (Å²) < 4.78 is 12.6. The van der Waals surface area contributed by atoms with Gasteiger partial charge in [-0.05, 0) is 13.0 Å². The van der Waals surface area contributed by atoms with Crippen LogP contribution >= 0.6 is 11.3 Å². The molecule has 2 rings (SSSR count). The molecule has 0 spiro atoms. The largest absolute Gasteiger partial charge is 0.382 e. The normalized spacial score (nSPS) is 13.1. The number of hydrogen-bond acceptors (Lipinski definition) is 5. The summed E-state index contributed by atoms with van der Waals surface area (Å²) >= 11 is 1.67. The van der Waals surface area contributed by atoms with Crippen LogP contribution in [0.2, 0.25) is 0 Å². The molecule has 1 N–H and O–H groups in total. The van der Waals surface area contributed by atoms with E-state index < -0.39 is 0 Å². The Labute approximate surface area is 123 Å². The van der Waals surface area contributed by atoms with Gasteiger partial charge in [0.2, 0.25) is 0 Å². The second-order valence-electron chi connectivity index (χ2n) is 4.68. The number of ether oxygens (including phenoxy) is 2. The first-order chi connectivity index (χ1) is 9.83. The van der Waals surface area contributed by atoms with Gasteiger partial charge in [-0.2, -0.15) is 0 Å². The smallest absolute Gasteiger partial charge is 0.193 e. The minimum Gasteiger partial charge on any atom is -0.382 e. The number of aromatic nitrogens is 2. The summed E-state index contributed by atoms with van der Waals surface area (Å²) in [6, 6.07) is 0.409. The van der Waals surface area contributed by atoms with Crippen molar-refractivity contribution in [1.29, 1.82) is 0 Å². The third-order valence-electron chi connectivity index (χ3n) is 3.13. The van der Waals surface area contributed by atoms with Crippen LogP contribution in [0.15, 0.2) is 17.8 Å². The first-order valence-electron chi connectivity index (χ1n) is 7.04. The minimum atomic E-state index is 0.409. The fraction of sp³-hybridized carbons (Fsp3) is 0.643. The maximum Gasteiger partial charge on any atom is 0.193 e. The summed E-state index contributed by atoms with van der Waals surface area (Å²) in [4.78, 5) is 5.69. The second-order valence-corrected chi connectivity index (χ2v) is 5.55. The van der Waals surface area contributed by atoms with Crippen molar-refractivity contribution in [2.75, 3.05) is 33.5 Å². The Morgan fingerprint density at radius 3 is 3.05 bits per heavy atom. The quantitative estimate of drug-likeness (QED) is 0.681. The predicted molar refractivity (Wildman–Crippen MR) is 81.5 cm³/mol. The summed E-state index contributed by atoms with van der Waals surface area (Å²) in [5.74, 6) is 0. The molecule has 0 saturated heterocycles. The number of hydrogen-bond donors (Lipinski definition) is 1. The Balaban J connectivity index is 1.80. The van der Waals surface area contributed by atoms with Gasteiger partial charge in [-0.1, -0.05) is 6.92 Å². The number of likely N-dealkylation sites (N-methyl/N-ethyl adjacent to an activating group) is 1. The maximum atomic E-state index is 5.54. The summed E-state index contributed by atoms with van der Waals surface area (Å²) in [6.07, 6.45) is 6.09. The molecule has 0 bridgehead atoms. The van der Waals surface area contributed by atoms with Gasteiger partial charge in [0.15, 0.2) is 4.96 Å². The highest BCUT2D eigenvalue weighted by Gasteiger charge is 2.11. The van der Waals surface area contributed by atoms with Crippen molar-refractivity contribution in [3.63, 3.8) is 0 Å². The van der Waals surface area contributed by atoms with E-state index >= 15 is 0 Å². The van der Waals surface area contributed by atoms with E-state index in [0.717, 1.165) is 36.6 Å². The highest BCUT2D eigenvalue weighted by molar-refractivity contribution is 7.15. The molecule has 0 aliphatic carbocycles. The zero-order valence-electron chi connectivity index (χ0n) is 12.2. The number of fused-ring (bicyclic) bond motifs is 1. The van der Waals surface area contributed by atoms with E-state index in [4.69, 9.17) is 9.47 Å². The first kappa shape index (κ1) is 15.4. The van der Waals surface area contributed by atoms with Crippen molar-refractivity contribution in [2.24, 2.45) is 0 Å². The number of nitrogens with zero attached hydrogens (tertiary/aromatic N) is 2. The van der Waals surface area contributed by atoms with E-state index in [1.807, 2.05) is 6.20 Å². The van der Waals surface area contributed by atoms with Crippen molar-refractivity contribution in [3.8, 4) is 0 Å². The molecule has 0 fully saturated rings. The van der Waals surface area contributed by atoms with Gasteiger partial charge in [0.25, 0.3) is 0 Å². The number of thiazole rings is 1. The number of imidazole rings is 1. The van der Waals surface area contributed by atoms with Crippen LogP contribution in [0.4, 0.5) is 0 Å². The fourth-order valence-electron chi connectivity index (χ4n) is 2.16. The lowest BCUT2D eigenvalue weighted by Crippen LogP contribution is -2.32. The molecule has 0 saturated carbocycles.